The van der Waals surface area contributed by atoms with Gasteiger partial charge in [-0.25, -0.2) is 0 Å². The summed E-state index contributed by atoms with van der Waals surface area (Å²) in [7, 11) is 0. The lowest BCUT2D eigenvalue weighted by Gasteiger charge is -2.56. The Labute approximate surface area is 132 Å². The highest BCUT2D eigenvalue weighted by molar-refractivity contribution is 5.23. The van der Waals surface area contributed by atoms with Gasteiger partial charge < -0.3 is 19.6 Å². The van der Waals surface area contributed by atoms with Gasteiger partial charge in [0.25, 0.3) is 0 Å². The molecular weight excluding hydrogens is 278 g/mol. The van der Waals surface area contributed by atoms with Crippen LogP contribution < -0.4 is 5.32 Å². The second kappa shape index (κ2) is 6.57. The molecule has 122 valence electrons. The van der Waals surface area contributed by atoms with Crippen LogP contribution in [0, 0.1) is 17.3 Å². The van der Waals surface area contributed by atoms with Crippen molar-refractivity contribution in [1.29, 1.82) is 0 Å². The van der Waals surface area contributed by atoms with Crippen LogP contribution in [0.5, 0.6) is 0 Å². The van der Waals surface area contributed by atoms with Gasteiger partial charge in [0.15, 0.2) is 0 Å². The van der Waals surface area contributed by atoms with Crippen molar-refractivity contribution in [3.63, 3.8) is 0 Å². The first-order chi connectivity index (χ1) is 10.6. The number of furan rings is 1. The lowest BCUT2D eigenvalue weighted by Crippen LogP contribution is -2.48. The molecule has 0 radical (unpaired) electrons. The average molecular weight is 305 g/mol. The molecule has 4 nitrogen and oxygen atoms in total. The summed E-state index contributed by atoms with van der Waals surface area (Å²) < 4.78 is 11.0. The van der Waals surface area contributed by atoms with Gasteiger partial charge in [0.2, 0.25) is 0 Å². The molecule has 0 amide bonds. The van der Waals surface area contributed by atoms with E-state index in [0.717, 1.165) is 11.7 Å². The minimum atomic E-state index is -0.485. The summed E-state index contributed by atoms with van der Waals surface area (Å²) in [5.74, 6) is 2.42. The van der Waals surface area contributed by atoms with Crippen molar-refractivity contribution in [1.82, 2.24) is 5.32 Å². The number of ether oxygens (including phenoxy) is 1. The minimum absolute atomic E-state index is 0.374. The molecule has 1 aromatic rings. The third-order valence-electron chi connectivity index (χ3n) is 5.42. The van der Waals surface area contributed by atoms with E-state index in [1.54, 1.807) is 6.26 Å². The molecule has 22 heavy (non-hydrogen) atoms. The molecule has 2 N–H and O–H groups in total. The summed E-state index contributed by atoms with van der Waals surface area (Å²) in [5.41, 5.74) is 1.87. The van der Waals surface area contributed by atoms with E-state index in [0.29, 0.717) is 37.6 Å². The predicted octanol–water partition coefficient (Wildman–Crippen LogP) is 2.74. The Bertz CT molecular complexity index is 506. The molecule has 0 aliphatic heterocycles. The van der Waals surface area contributed by atoms with Gasteiger partial charge in [-0.3, -0.25) is 0 Å². The molecule has 1 saturated carbocycles. The Morgan fingerprint density at radius 1 is 1.50 bits per heavy atom. The highest BCUT2D eigenvalue weighted by Gasteiger charge is 2.50. The van der Waals surface area contributed by atoms with E-state index in [2.05, 4.69) is 25.2 Å². The van der Waals surface area contributed by atoms with Gasteiger partial charge in [0.05, 0.1) is 32.1 Å². The van der Waals surface area contributed by atoms with Crippen molar-refractivity contribution in [2.75, 3.05) is 19.8 Å². The summed E-state index contributed by atoms with van der Waals surface area (Å²) in [4.78, 5) is 0. The van der Waals surface area contributed by atoms with Crippen LogP contribution in [0.3, 0.4) is 0 Å². The zero-order valence-electron chi connectivity index (χ0n) is 13.5. The molecule has 4 heteroatoms. The smallest absolute Gasteiger partial charge is 0.117 e. The quantitative estimate of drug-likeness (QED) is 0.725. The predicted molar refractivity (Wildman–Crippen MR) is 85.3 cm³/mol. The fraction of sp³-hybridized carbons (Fsp3) is 0.667. The van der Waals surface area contributed by atoms with Crippen LogP contribution in [-0.2, 0) is 11.3 Å². The second-order valence-electron chi connectivity index (χ2n) is 7.20. The van der Waals surface area contributed by atoms with Gasteiger partial charge in [0, 0.05) is 6.54 Å². The average Bonchev–Trinajstić information content (AvgIpc) is 3.00. The number of allylic oxidation sites excluding steroid dienone is 1. The van der Waals surface area contributed by atoms with Crippen LogP contribution >= 0.6 is 0 Å². The zero-order valence-corrected chi connectivity index (χ0v) is 13.5. The van der Waals surface area contributed by atoms with Crippen molar-refractivity contribution >= 4 is 0 Å². The van der Waals surface area contributed by atoms with Crippen LogP contribution in [0.15, 0.2) is 34.5 Å². The maximum absolute atomic E-state index is 9.95. The van der Waals surface area contributed by atoms with E-state index in [1.165, 1.54) is 18.4 Å². The second-order valence-corrected chi connectivity index (χ2v) is 7.20. The monoisotopic (exact) mass is 305 g/mol. The van der Waals surface area contributed by atoms with Crippen molar-refractivity contribution < 1.29 is 14.3 Å². The van der Waals surface area contributed by atoms with Crippen LogP contribution in [0.2, 0.25) is 0 Å². The molecule has 1 fully saturated rings. The molecule has 2 bridgehead atoms. The Morgan fingerprint density at radius 2 is 2.36 bits per heavy atom. The first-order valence-corrected chi connectivity index (χ1v) is 8.25. The van der Waals surface area contributed by atoms with E-state index < -0.39 is 6.10 Å². The lowest BCUT2D eigenvalue weighted by molar-refractivity contribution is -0.0235. The first kappa shape index (κ1) is 15.8. The Hall–Kier alpha value is -1.10. The molecule has 3 aliphatic carbocycles. The van der Waals surface area contributed by atoms with Crippen LogP contribution in [0.25, 0.3) is 0 Å². The standard InChI is InChI=1S/C18H27NO3/c1-18(2)14-6-5-13(17(18)8-14)11-21-12-15(20)9-19-10-16-4-3-7-22-16/h3-5,7,14-15,17,19-20H,6,8-12H2,1-2H3/t14-,15+,17+/m1/s1. The number of rotatable bonds is 8. The number of hydrogen-bond acceptors (Lipinski definition) is 4. The van der Waals surface area contributed by atoms with Crippen molar-refractivity contribution in [3.8, 4) is 0 Å². The van der Waals surface area contributed by atoms with E-state index in [9.17, 15) is 5.11 Å². The summed E-state index contributed by atoms with van der Waals surface area (Å²) in [6.07, 6.45) is 6.03. The molecular formula is C18H27NO3. The number of nitrogens with one attached hydrogen (secondary N) is 1. The third-order valence-corrected chi connectivity index (χ3v) is 5.42. The molecule has 0 unspecified atom stereocenters. The van der Waals surface area contributed by atoms with E-state index in [4.69, 9.17) is 9.15 Å². The fourth-order valence-corrected chi connectivity index (χ4v) is 3.79. The maximum Gasteiger partial charge on any atom is 0.117 e. The van der Waals surface area contributed by atoms with E-state index in [-0.39, 0.29) is 0 Å². The highest BCUT2D eigenvalue weighted by atomic mass is 16.5. The zero-order chi connectivity index (χ0) is 15.6. The number of aliphatic hydroxyl groups excluding tert-OH is 1. The lowest BCUT2D eigenvalue weighted by atomic mass is 9.49. The Balaban J connectivity index is 1.32. The summed E-state index contributed by atoms with van der Waals surface area (Å²) in [6, 6.07) is 3.78. The number of aliphatic hydroxyl groups is 1. The number of fused-ring (bicyclic) bond motifs is 1. The third kappa shape index (κ3) is 3.29. The SMILES string of the molecule is CC1(C)[C@@H]2CC=C(COC[C@@H](O)CNCc3ccco3)[C@@H]1C2. The largest absolute Gasteiger partial charge is 0.468 e. The van der Waals surface area contributed by atoms with Crippen molar-refractivity contribution in [2.45, 2.75) is 39.3 Å². The van der Waals surface area contributed by atoms with Gasteiger partial charge in [-0.05, 0) is 47.8 Å². The molecule has 0 spiro atoms. The molecule has 0 saturated heterocycles. The highest BCUT2D eigenvalue weighted by Crippen LogP contribution is 2.59. The van der Waals surface area contributed by atoms with E-state index in [1.807, 2.05) is 12.1 Å². The molecule has 4 rings (SSSR count). The first-order valence-electron chi connectivity index (χ1n) is 8.25. The van der Waals surface area contributed by atoms with Gasteiger partial charge in [0.1, 0.15) is 5.76 Å². The van der Waals surface area contributed by atoms with Crippen LogP contribution in [-0.4, -0.2) is 31.0 Å². The normalized spacial score (nSPS) is 27.1. The minimum Gasteiger partial charge on any atom is -0.468 e. The molecule has 1 heterocycles. The van der Waals surface area contributed by atoms with Crippen LogP contribution in [0.1, 0.15) is 32.4 Å². The van der Waals surface area contributed by atoms with Gasteiger partial charge in [-0.1, -0.05) is 19.9 Å². The molecule has 0 aromatic carbocycles. The molecule has 3 aliphatic rings. The Kier molecular flexibility index (Phi) is 4.71. The summed E-state index contributed by atoms with van der Waals surface area (Å²) in [5, 5.41) is 13.1. The summed E-state index contributed by atoms with van der Waals surface area (Å²) >= 11 is 0. The van der Waals surface area contributed by atoms with Crippen LogP contribution in [0.4, 0.5) is 0 Å². The molecule has 3 atom stereocenters. The summed E-state index contributed by atoms with van der Waals surface area (Å²) in [6.45, 7) is 6.91. The van der Waals surface area contributed by atoms with E-state index >= 15 is 0 Å². The topological polar surface area (TPSA) is 54.6 Å². The Morgan fingerprint density at radius 3 is 3.05 bits per heavy atom. The maximum atomic E-state index is 9.95. The van der Waals surface area contributed by atoms with Gasteiger partial charge in [-0.2, -0.15) is 0 Å². The molecule has 1 aromatic heterocycles. The van der Waals surface area contributed by atoms with Gasteiger partial charge in [-0.15, -0.1) is 0 Å². The number of hydrogen-bond donors (Lipinski definition) is 2. The fourth-order valence-electron chi connectivity index (χ4n) is 3.79. The van der Waals surface area contributed by atoms with Gasteiger partial charge >= 0.3 is 0 Å². The van der Waals surface area contributed by atoms with Crippen molar-refractivity contribution in [3.05, 3.63) is 35.8 Å². The van der Waals surface area contributed by atoms with Crippen molar-refractivity contribution in [2.24, 2.45) is 17.3 Å².